The average molecular weight is 530 g/mol. The van der Waals surface area contributed by atoms with Gasteiger partial charge in [-0.25, -0.2) is 9.55 Å². The summed E-state index contributed by atoms with van der Waals surface area (Å²) >= 11 is 0. The van der Waals surface area contributed by atoms with Crippen LogP contribution in [0.4, 0.5) is 0 Å². The molecule has 3 aromatic rings. The summed E-state index contributed by atoms with van der Waals surface area (Å²) in [7, 11) is 0. The third kappa shape index (κ3) is 10.3. The first kappa shape index (κ1) is 31.2. The van der Waals surface area contributed by atoms with Gasteiger partial charge in [-0.15, -0.1) is 0 Å². The Morgan fingerprint density at radius 3 is 1.82 bits per heavy atom. The van der Waals surface area contributed by atoms with Gasteiger partial charge in [-0.2, -0.15) is 0 Å². The summed E-state index contributed by atoms with van der Waals surface area (Å²) in [6.07, 6.45) is 25.9. The topological polar surface area (TPSA) is 19.7 Å². The molecule has 0 radical (unpaired) electrons. The molecule has 0 saturated carbocycles. The lowest BCUT2D eigenvalue weighted by molar-refractivity contribution is -0.705. The van der Waals surface area contributed by atoms with Gasteiger partial charge in [-0.05, 0) is 36.8 Å². The molecule has 3 rings (SSSR count). The Balaban J connectivity index is 1.67. The number of unbranched alkanes of at least 4 members (excludes halogenated alkanes) is 12. The molecule has 1 heterocycles. The van der Waals surface area contributed by atoms with E-state index in [1.54, 1.807) is 0 Å². The van der Waals surface area contributed by atoms with Gasteiger partial charge in [-0.1, -0.05) is 158 Å². The van der Waals surface area contributed by atoms with E-state index < -0.39 is 0 Å². The van der Waals surface area contributed by atoms with Gasteiger partial charge in [0.05, 0.1) is 12.5 Å². The summed E-state index contributed by atoms with van der Waals surface area (Å²) in [5.74, 6) is 1.86. The molecule has 0 bridgehead atoms. The summed E-state index contributed by atoms with van der Waals surface area (Å²) < 4.78 is 2.55. The lowest BCUT2D eigenvalue weighted by Gasteiger charge is -2.37. The van der Waals surface area contributed by atoms with E-state index in [0.717, 1.165) is 13.0 Å². The molecule has 2 atom stereocenters. The van der Waals surface area contributed by atoms with Gasteiger partial charge >= 0.3 is 0 Å². The van der Waals surface area contributed by atoms with Crippen LogP contribution in [0.1, 0.15) is 140 Å². The minimum Gasteiger partial charge on any atom is -0.247 e. The Hall–Kier alpha value is -2.35. The van der Waals surface area contributed by atoms with Gasteiger partial charge in [0.1, 0.15) is 12.4 Å². The Morgan fingerprint density at radius 2 is 1.21 bits per heavy atom. The molecule has 0 aliphatic rings. The van der Waals surface area contributed by atoms with Crippen LogP contribution in [-0.4, -0.2) is 4.98 Å². The highest BCUT2D eigenvalue weighted by Crippen LogP contribution is 2.43. The van der Waals surface area contributed by atoms with E-state index in [0.29, 0.717) is 5.92 Å². The number of imidazole rings is 1. The Kier molecular flexibility index (Phi) is 14.5. The molecule has 0 amide bonds. The molecule has 0 fully saturated rings. The van der Waals surface area contributed by atoms with Crippen molar-refractivity contribution in [1.29, 1.82) is 0 Å². The lowest BCUT2D eigenvalue weighted by atomic mass is 9.66. The number of rotatable bonds is 21. The average Bonchev–Trinajstić information content (AvgIpc) is 3.43. The van der Waals surface area contributed by atoms with E-state index in [2.05, 4.69) is 103 Å². The maximum absolute atomic E-state index is 3.75. The third-order valence-electron chi connectivity index (χ3n) is 8.84. The molecule has 2 aromatic carbocycles. The second-order valence-corrected chi connectivity index (χ2v) is 12.1. The standard InChI is InChI=1S/C37H56N2/c1-4-6-8-9-10-11-12-13-14-15-23-30-39-31-29-38-36(39)35(28-18-7-5-2)37(3,34-26-21-17-22-27-34)32-33-24-19-16-20-25-33/h16-17,19-22,24-27,29,31,35H,4-15,18,23,28,30,32H2,1-3H3/p+1. The highest BCUT2D eigenvalue weighted by molar-refractivity contribution is 5.32. The summed E-state index contributed by atoms with van der Waals surface area (Å²) in [5.41, 5.74) is 2.89. The molecule has 1 aromatic heterocycles. The fourth-order valence-corrected chi connectivity index (χ4v) is 6.44. The first-order valence-electron chi connectivity index (χ1n) is 16.3. The third-order valence-corrected chi connectivity index (χ3v) is 8.84. The van der Waals surface area contributed by atoms with E-state index in [4.69, 9.17) is 0 Å². The molecule has 2 unspecified atom stereocenters. The molecule has 39 heavy (non-hydrogen) atoms. The highest BCUT2D eigenvalue weighted by atomic mass is 15.1. The van der Waals surface area contributed by atoms with Gasteiger partial charge in [0.2, 0.25) is 0 Å². The van der Waals surface area contributed by atoms with Crippen LogP contribution in [0.5, 0.6) is 0 Å². The van der Waals surface area contributed by atoms with Crippen molar-refractivity contribution in [3.05, 3.63) is 90.0 Å². The van der Waals surface area contributed by atoms with Crippen LogP contribution in [0.2, 0.25) is 0 Å². The molecule has 214 valence electrons. The van der Waals surface area contributed by atoms with Crippen LogP contribution in [0.15, 0.2) is 73.1 Å². The predicted molar refractivity (Wildman–Crippen MR) is 168 cm³/mol. The van der Waals surface area contributed by atoms with Crippen molar-refractivity contribution in [2.24, 2.45) is 0 Å². The van der Waals surface area contributed by atoms with Crippen molar-refractivity contribution in [2.45, 2.75) is 141 Å². The van der Waals surface area contributed by atoms with E-state index in [1.165, 1.54) is 113 Å². The molecule has 0 spiro atoms. The van der Waals surface area contributed by atoms with Gasteiger partial charge in [-0.3, -0.25) is 0 Å². The monoisotopic (exact) mass is 529 g/mol. The SMILES string of the molecule is CCCCCCCCCCCCC[n+]1cc[nH]c1C(CCCCC)C(C)(Cc1ccccc1)c1ccccc1. The molecule has 0 aliphatic heterocycles. The summed E-state index contributed by atoms with van der Waals surface area (Å²) in [5, 5.41) is 0. The number of hydrogen-bond donors (Lipinski definition) is 1. The van der Waals surface area contributed by atoms with E-state index in [1.807, 2.05) is 0 Å². The van der Waals surface area contributed by atoms with Crippen molar-refractivity contribution in [2.75, 3.05) is 0 Å². The van der Waals surface area contributed by atoms with Crippen LogP contribution in [0, 0.1) is 0 Å². The Morgan fingerprint density at radius 1 is 0.667 bits per heavy atom. The highest BCUT2D eigenvalue weighted by Gasteiger charge is 2.41. The Bertz CT molecular complexity index is 993. The van der Waals surface area contributed by atoms with Crippen molar-refractivity contribution in [3.8, 4) is 0 Å². The number of nitrogens with one attached hydrogen (secondary N) is 1. The molecular weight excluding hydrogens is 472 g/mol. The van der Waals surface area contributed by atoms with Gasteiger partial charge in [0.25, 0.3) is 5.82 Å². The van der Waals surface area contributed by atoms with Crippen LogP contribution in [0.25, 0.3) is 0 Å². The van der Waals surface area contributed by atoms with Crippen LogP contribution in [0.3, 0.4) is 0 Å². The number of H-pyrrole nitrogens is 1. The molecule has 0 saturated heterocycles. The number of aromatic amines is 1. The van der Waals surface area contributed by atoms with Gasteiger partial charge < -0.3 is 0 Å². The zero-order valence-electron chi connectivity index (χ0n) is 25.5. The molecule has 1 N–H and O–H groups in total. The summed E-state index contributed by atoms with van der Waals surface area (Å²) in [4.78, 5) is 3.75. The van der Waals surface area contributed by atoms with Crippen LogP contribution < -0.4 is 4.57 Å². The number of aromatic nitrogens is 2. The van der Waals surface area contributed by atoms with E-state index in [-0.39, 0.29) is 5.41 Å². The number of aryl methyl sites for hydroxylation is 1. The first-order chi connectivity index (χ1) is 19.2. The van der Waals surface area contributed by atoms with Crippen molar-refractivity contribution in [1.82, 2.24) is 4.98 Å². The maximum atomic E-state index is 3.75. The van der Waals surface area contributed by atoms with E-state index in [9.17, 15) is 0 Å². The van der Waals surface area contributed by atoms with Gasteiger partial charge in [0.15, 0.2) is 0 Å². The predicted octanol–water partition coefficient (Wildman–Crippen LogP) is 10.5. The van der Waals surface area contributed by atoms with Crippen molar-refractivity contribution >= 4 is 0 Å². The van der Waals surface area contributed by atoms with Gasteiger partial charge in [0, 0.05) is 5.41 Å². The molecular formula is C37H57N2+. The van der Waals surface area contributed by atoms with E-state index >= 15 is 0 Å². The number of nitrogens with zero attached hydrogens (tertiary/aromatic N) is 1. The normalized spacial score (nSPS) is 13.8. The number of benzene rings is 2. The largest absolute Gasteiger partial charge is 0.258 e. The quantitative estimate of drug-likeness (QED) is 0.105. The lowest BCUT2D eigenvalue weighted by Crippen LogP contribution is -2.43. The first-order valence-corrected chi connectivity index (χ1v) is 16.3. The molecule has 2 heteroatoms. The van der Waals surface area contributed by atoms with Crippen LogP contribution in [-0.2, 0) is 18.4 Å². The zero-order chi connectivity index (χ0) is 27.6. The Labute approximate surface area is 240 Å². The molecule has 0 aliphatic carbocycles. The smallest absolute Gasteiger partial charge is 0.247 e. The fourth-order valence-electron chi connectivity index (χ4n) is 6.44. The summed E-state index contributed by atoms with van der Waals surface area (Å²) in [6, 6.07) is 22.4. The summed E-state index contributed by atoms with van der Waals surface area (Å²) in [6.45, 7) is 8.25. The van der Waals surface area contributed by atoms with Crippen LogP contribution >= 0.6 is 0 Å². The van der Waals surface area contributed by atoms with Crippen molar-refractivity contribution < 1.29 is 4.57 Å². The second kappa shape index (κ2) is 18.1. The maximum Gasteiger partial charge on any atom is 0.258 e. The zero-order valence-corrected chi connectivity index (χ0v) is 25.5. The van der Waals surface area contributed by atoms with Crippen molar-refractivity contribution in [3.63, 3.8) is 0 Å². The number of hydrogen-bond acceptors (Lipinski definition) is 0. The minimum absolute atomic E-state index is 0.0140. The minimum atomic E-state index is 0.0140. The molecule has 2 nitrogen and oxygen atoms in total. The fraction of sp³-hybridized carbons (Fsp3) is 0.595. The second-order valence-electron chi connectivity index (χ2n) is 12.1.